The molecule has 1 aromatic rings. The van der Waals surface area contributed by atoms with Gasteiger partial charge in [-0.15, -0.1) is 11.8 Å². The molecule has 0 aliphatic rings. The summed E-state index contributed by atoms with van der Waals surface area (Å²) in [6.45, 7) is 2.53. The van der Waals surface area contributed by atoms with E-state index in [4.69, 9.17) is 4.74 Å². The Morgan fingerprint density at radius 2 is 2.13 bits per heavy atom. The molecular weight excluding hydrogens is 210 g/mol. The lowest BCUT2D eigenvalue weighted by Gasteiger charge is -2.05. The van der Waals surface area contributed by atoms with Crippen molar-refractivity contribution in [1.82, 2.24) is 5.32 Å². The van der Waals surface area contributed by atoms with Crippen molar-refractivity contribution in [2.75, 3.05) is 11.7 Å². The molecule has 1 rings (SSSR count). The lowest BCUT2D eigenvalue weighted by atomic mass is 10.2. The summed E-state index contributed by atoms with van der Waals surface area (Å²) >= 11 is 1.58. The third-order valence-electron chi connectivity index (χ3n) is 1.76. The fourth-order valence-corrected chi connectivity index (χ4v) is 1.36. The van der Waals surface area contributed by atoms with Crippen molar-refractivity contribution in [3.05, 3.63) is 35.9 Å². The molecule has 0 fully saturated rings. The van der Waals surface area contributed by atoms with Crippen LogP contribution in [0.4, 0.5) is 4.79 Å². The second kappa shape index (κ2) is 7.17. The Morgan fingerprint density at radius 3 is 2.80 bits per heavy atom. The number of hydrogen-bond donors (Lipinski definition) is 1. The summed E-state index contributed by atoms with van der Waals surface area (Å²) in [7, 11) is 0. The Bertz CT molecular complexity index is 290. The van der Waals surface area contributed by atoms with Gasteiger partial charge in [-0.1, -0.05) is 37.3 Å². The quantitative estimate of drug-likeness (QED) is 0.618. The van der Waals surface area contributed by atoms with E-state index in [2.05, 4.69) is 5.32 Å². The summed E-state index contributed by atoms with van der Waals surface area (Å²) in [5.41, 5.74) is 1.07. The number of benzene rings is 1. The van der Waals surface area contributed by atoms with Gasteiger partial charge in [0.2, 0.25) is 0 Å². The third-order valence-corrected chi connectivity index (χ3v) is 2.45. The van der Waals surface area contributed by atoms with Gasteiger partial charge in [0.05, 0.1) is 0 Å². The number of amides is 1. The number of carbonyl (C=O) groups is 1. The minimum Gasteiger partial charge on any atom is -0.438 e. The van der Waals surface area contributed by atoms with Crippen molar-refractivity contribution in [3.63, 3.8) is 0 Å². The number of ether oxygens (including phenoxy) is 1. The smallest absolute Gasteiger partial charge is 0.408 e. The molecule has 0 bridgehead atoms. The fourth-order valence-electron chi connectivity index (χ4n) is 1.000. The monoisotopic (exact) mass is 225 g/mol. The summed E-state index contributed by atoms with van der Waals surface area (Å²) in [6, 6.07) is 9.74. The second-order valence-corrected chi connectivity index (χ2v) is 4.10. The summed E-state index contributed by atoms with van der Waals surface area (Å²) in [5, 5.41) is 2.68. The average molecular weight is 225 g/mol. The molecule has 1 N–H and O–H groups in total. The van der Waals surface area contributed by atoms with E-state index in [1.165, 1.54) is 0 Å². The van der Waals surface area contributed by atoms with Gasteiger partial charge in [-0.3, -0.25) is 0 Å². The largest absolute Gasteiger partial charge is 0.438 e. The molecule has 0 radical (unpaired) electrons. The van der Waals surface area contributed by atoms with Gasteiger partial charge in [-0.25, -0.2) is 4.79 Å². The Balaban J connectivity index is 2.17. The Morgan fingerprint density at radius 1 is 1.40 bits per heavy atom. The van der Waals surface area contributed by atoms with E-state index in [-0.39, 0.29) is 6.09 Å². The van der Waals surface area contributed by atoms with Gasteiger partial charge >= 0.3 is 6.09 Å². The van der Waals surface area contributed by atoms with Crippen LogP contribution in [0.1, 0.15) is 12.5 Å². The molecule has 0 heterocycles. The molecule has 0 aliphatic heterocycles. The molecule has 0 saturated heterocycles. The maximum atomic E-state index is 11.1. The summed E-state index contributed by atoms with van der Waals surface area (Å²) in [5.74, 6) is 1.36. The van der Waals surface area contributed by atoms with Crippen LogP contribution in [0.3, 0.4) is 0 Å². The third kappa shape index (κ3) is 5.32. The standard InChI is InChI=1S/C11H15NO2S/c1-2-15-9-14-11(13)12-8-10-6-4-3-5-7-10/h3-7H,2,8-9H2,1H3,(H,12,13). The van der Waals surface area contributed by atoms with Crippen molar-refractivity contribution < 1.29 is 9.53 Å². The number of carbonyl (C=O) groups excluding carboxylic acids is 1. The van der Waals surface area contributed by atoms with Gasteiger partial charge in [-0.05, 0) is 11.3 Å². The average Bonchev–Trinajstić information content (AvgIpc) is 2.28. The number of thioether (sulfide) groups is 1. The van der Waals surface area contributed by atoms with Crippen molar-refractivity contribution >= 4 is 17.9 Å². The lowest BCUT2D eigenvalue weighted by molar-refractivity contribution is 0.165. The molecule has 82 valence electrons. The van der Waals surface area contributed by atoms with Crippen LogP contribution in [0.25, 0.3) is 0 Å². The molecule has 0 spiro atoms. The zero-order valence-electron chi connectivity index (χ0n) is 8.73. The SMILES string of the molecule is CCSCOC(=O)NCc1ccccc1. The summed E-state index contributed by atoms with van der Waals surface area (Å²) < 4.78 is 4.92. The van der Waals surface area contributed by atoms with Gasteiger partial charge in [0.25, 0.3) is 0 Å². The number of rotatable bonds is 5. The molecule has 0 aromatic heterocycles. The van der Waals surface area contributed by atoms with Gasteiger partial charge < -0.3 is 10.1 Å². The highest BCUT2D eigenvalue weighted by atomic mass is 32.2. The summed E-state index contributed by atoms with van der Waals surface area (Å²) in [6.07, 6.45) is -0.361. The molecule has 3 nitrogen and oxygen atoms in total. The first-order valence-corrected chi connectivity index (χ1v) is 6.00. The van der Waals surface area contributed by atoms with Crippen molar-refractivity contribution in [3.8, 4) is 0 Å². The zero-order valence-corrected chi connectivity index (χ0v) is 9.55. The Hall–Kier alpha value is -1.16. The number of hydrogen-bond acceptors (Lipinski definition) is 3. The van der Waals surface area contributed by atoms with E-state index < -0.39 is 0 Å². The predicted octanol–water partition coefficient (Wildman–Crippen LogP) is 2.62. The summed E-state index contributed by atoms with van der Waals surface area (Å²) in [4.78, 5) is 11.1. The van der Waals surface area contributed by atoms with Gasteiger partial charge in [0, 0.05) is 6.54 Å². The number of alkyl carbamates (subject to hydrolysis) is 1. The molecule has 0 atom stereocenters. The minimum absolute atomic E-state index is 0.361. The normalized spacial score (nSPS) is 9.67. The topological polar surface area (TPSA) is 38.3 Å². The Labute approximate surface area is 94.2 Å². The van der Waals surface area contributed by atoms with E-state index in [1.807, 2.05) is 37.3 Å². The first kappa shape index (κ1) is 11.9. The van der Waals surface area contributed by atoms with Crippen LogP contribution in [0, 0.1) is 0 Å². The van der Waals surface area contributed by atoms with Crippen LogP contribution in [0.2, 0.25) is 0 Å². The van der Waals surface area contributed by atoms with E-state index in [0.29, 0.717) is 12.5 Å². The van der Waals surface area contributed by atoms with Gasteiger partial charge in [-0.2, -0.15) is 0 Å². The molecule has 1 aromatic carbocycles. The van der Waals surface area contributed by atoms with E-state index in [1.54, 1.807) is 11.8 Å². The molecule has 15 heavy (non-hydrogen) atoms. The first-order chi connectivity index (χ1) is 7.33. The van der Waals surface area contributed by atoms with E-state index in [0.717, 1.165) is 11.3 Å². The molecule has 1 amide bonds. The highest BCUT2D eigenvalue weighted by Gasteiger charge is 2.00. The predicted molar refractivity (Wildman–Crippen MR) is 62.8 cm³/mol. The first-order valence-electron chi connectivity index (χ1n) is 4.85. The van der Waals surface area contributed by atoms with Crippen LogP contribution < -0.4 is 5.32 Å². The van der Waals surface area contributed by atoms with E-state index >= 15 is 0 Å². The van der Waals surface area contributed by atoms with Crippen LogP contribution in [-0.2, 0) is 11.3 Å². The molecule has 0 unspecified atom stereocenters. The van der Waals surface area contributed by atoms with Crippen molar-refractivity contribution in [1.29, 1.82) is 0 Å². The minimum atomic E-state index is -0.361. The second-order valence-electron chi connectivity index (χ2n) is 2.88. The van der Waals surface area contributed by atoms with Crippen LogP contribution in [0.5, 0.6) is 0 Å². The zero-order chi connectivity index (χ0) is 10.9. The molecule has 0 saturated carbocycles. The highest BCUT2D eigenvalue weighted by molar-refractivity contribution is 7.99. The van der Waals surface area contributed by atoms with Gasteiger partial charge in [0.15, 0.2) is 0 Å². The molecule has 4 heteroatoms. The maximum Gasteiger partial charge on any atom is 0.408 e. The van der Waals surface area contributed by atoms with Gasteiger partial charge in [0.1, 0.15) is 5.94 Å². The van der Waals surface area contributed by atoms with Crippen molar-refractivity contribution in [2.24, 2.45) is 0 Å². The maximum absolute atomic E-state index is 11.1. The highest BCUT2D eigenvalue weighted by Crippen LogP contribution is 2.00. The van der Waals surface area contributed by atoms with Crippen LogP contribution in [0.15, 0.2) is 30.3 Å². The van der Waals surface area contributed by atoms with Crippen molar-refractivity contribution in [2.45, 2.75) is 13.5 Å². The number of nitrogens with one attached hydrogen (secondary N) is 1. The fraction of sp³-hybridized carbons (Fsp3) is 0.364. The van der Waals surface area contributed by atoms with E-state index in [9.17, 15) is 4.79 Å². The Kier molecular flexibility index (Phi) is 5.70. The van der Waals surface area contributed by atoms with Crippen LogP contribution >= 0.6 is 11.8 Å². The lowest BCUT2D eigenvalue weighted by Crippen LogP contribution is -2.23. The molecule has 0 aliphatic carbocycles. The van der Waals surface area contributed by atoms with Crippen LogP contribution in [-0.4, -0.2) is 17.8 Å². The molecular formula is C11H15NO2S.